The van der Waals surface area contributed by atoms with Crippen LogP contribution in [0.2, 0.25) is 0 Å². The van der Waals surface area contributed by atoms with Crippen LogP contribution >= 0.6 is 15.9 Å². The molecular weight excluding hydrogens is 294 g/mol. The van der Waals surface area contributed by atoms with Crippen molar-refractivity contribution in [3.8, 4) is 17.0 Å². The predicted molar refractivity (Wildman–Crippen MR) is 75.5 cm³/mol. The van der Waals surface area contributed by atoms with E-state index in [4.69, 9.17) is 10.5 Å². The monoisotopic (exact) mass is 309 g/mol. The van der Waals surface area contributed by atoms with E-state index >= 15 is 0 Å². The van der Waals surface area contributed by atoms with Gasteiger partial charge in [-0.2, -0.15) is 5.10 Å². The van der Waals surface area contributed by atoms with Crippen LogP contribution in [-0.2, 0) is 6.54 Å². The van der Waals surface area contributed by atoms with Gasteiger partial charge >= 0.3 is 0 Å². The SMILES string of the molecule is CCOc1ccc(-c2n[nH]c(CN)c2Br)cc1C. The first-order valence-electron chi connectivity index (χ1n) is 5.84. The van der Waals surface area contributed by atoms with Gasteiger partial charge in [0.2, 0.25) is 0 Å². The summed E-state index contributed by atoms with van der Waals surface area (Å²) < 4.78 is 6.45. The lowest BCUT2D eigenvalue weighted by molar-refractivity contribution is 0.338. The predicted octanol–water partition coefficient (Wildman–Crippen LogP) is 3.01. The molecule has 0 bridgehead atoms. The number of H-pyrrole nitrogens is 1. The van der Waals surface area contributed by atoms with Crippen LogP contribution < -0.4 is 10.5 Å². The molecule has 0 amide bonds. The average molecular weight is 310 g/mol. The van der Waals surface area contributed by atoms with E-state index in [9.17, 15) is 0 Å². The van der Waals surface area contributed by atoms with Crippen molar-refractivity contribution in [2.75, 3.05) is 6.61 Å². The van der Waals surface area contributed by atoms with Gasteiger partial charge in [0, 0.05) is 12.1 Å². The zero-order valence-corrected chi connectivity index (χ0v) is 12.0. The Labute approximate surface area is 115 Å². The summed E-state index contributed by atoms with van der Waals surface area (Å²) in [4.78, 5) is 0. The van der Waals surface area contributed by atoms with Crippen molar-refractivity contribution in [1.82, 2.24) is 10.2 Å². The Kier molecular flexibility index (Phi) is 4.04. The molecule has 1 heterocycles. The molecule has 1 aromatic carbocycles. The fraction of sp³-hybridized carbons (Fsp3) is 0.308. The van der Waals surface area contributed by atoms with Crippen molar-refractivity contribution in [3.63, 3.8) is 0 Å². The largest absolute Gasteiger partial charge is 0.494 e. The summed E-state index contributed by atoms with van der Waals surface area (Å²) in [5.74, 6) is 0.909. The van der Waals surface area contributed by atoms with Gasteiger partial charge < -0.3 is 10.5 Å². The van der Waals surface area contributed by atoms with Crippen LogP contribution in [-0.4, -0.2) is 16.8 Å². The Morgan fingerprint density at radius 3 is 2.78 bits per heavy atom. The van der Waals surface area contributed by atoms with E-state index in [1.165, 1.54) is 0 Å². The van der Waals surface area contributed by atoms with Gasteiger partial charge in [-0.3, -0.25) is 5.10 Å². The van der Waals surface area contributed by atoms with Gasteiger partial charge in [-0.05, 0) is 53.5 Å². The summed E-state index contributed by atoms with van der Waals surface area (Å²) in [5.41, 5.74) is 9.53. The van der Waals surface area contributed by atoms with Crippen LogP contribution in [0.5, 0.6) is 5.75 Å². The number of nitrogens with one attached hydrogen (secondary N) is 1. The molecule has 0 unspecified atom stereocenters. The first-order chi connectivity index (χ1) is 8.67. The second-order valence-electron chi connectivity index (χ2n) is 3.98. The zero-order valence-electron chi connectivity index (χ0n) is 10.5. The van der Waals surface area contributed by atoms with Crippen molar-refractivity contribution in [1.29, 1.82) is 0 Å². The van der Waals surface area contributed by atoms with E-state index < -0.39 is 0 Å². The van der Waals surface area contributed by atoms with Crippen molar-refractivity contribution in [2.45, 2.75) is 20.4 Å². The van der Waals surface area contributed by atoms with Gasteiger partial charge in [-0.1, -0.05) is 0 Å². The molecule has 1 aromatic heterocycles. The number of aromatic nitrogens is 2. The number of nitrogens with zero attached hydrogens (tertiary/aromatic N) is 1. The molecule has 4 nitrogen and oxygen atoms in total. The molecule has 2 aromatic rings. The molecule has 0 saturated carbocycles. The number of aromatic amines is 1. The highest BCUT2D eigenvalue weighted by Crippen LogP contribution is 2.31. The molecule has 2 rings (SSSR count). The van der Waals surface area contributed by atoms with Crippen molar-refractivity contribution < 1.29 is 4.74 Å². The topological polar surface area (TPSA) is 63.9 Å². The molecule has 0 fully saturated rings. The fourth-order valence-electron chi connectivity index (χ4n) is 1.81. The van der Waals surface area contributed by atoms with E-state index in [1.54, 1.807) is 0 Å². The number of halogens is 1. The lowest BCUT2D eigenvalue weighted by atomic mass is 10.1. The normalized spacial score (nSPS) is 10.7. The third-order valence-corrected chi connectivity index (χ3v) is 3.58. The van der Waals surface area contributed by atoms with E-state index in [0.29, 0.717) is 13.2 Å². The second kappa shape index (κ2) is 5.54. The molecule has 0 aliphatic heterocycles. The van der Waals surface area contributed by atoms with E-state index in [1.807, 2.05) is 26.0 Å². The van der Waals surface area contributed by atoms with Gasteiger partial charge in [-0.25, -0.2) is 0 Å². The average Bonchev–Trinajstić information content (AvgIpc) is 2.73. The number of rotatable bonds is 4. The van der Waals surface area contributed by atoms with Crippen molar-refractivity contribution in [2.24, 2.45) is 5.73 Å². The minimum absolute atomic E-state index is 0.434. The van der Waals surface area contributed by atoms with E-state index in [0.717, 1.165) is 32.7 Å². The lowest BCUT2D eigenvalue weighted by Gasteiger charge is -2.08. The van der Waals surface area contributed by atoms with Crippen LogP contribution in [0.4, 0.5) is 0 Å². The molecule has 0 radical (unpaired) electrons. The Balaban J connectivity index is 2.39. The van der Waals surface area contributed by atoms with Crippen LogP contribution in [0.1, 0.15) is 18.2 Å². The molecule has 5 heteroatoms. The summed E-state index contributed by atoms with van der Waals surface area (Å²) >= 11 is 3.52. The number of benzene rings is 1. The van der Waals surface area contributed by atoms with Crippen LogP contribution in [0.25, 0.3) is 11.3 Å². The molecule has 96 valence electrons. The number of aryl methyl sites for hydroxylation is 1. The van der Waals surface area contributed by atoms with Crippen molar-refractivity contribution >= 4 is 15.9 Å². The maximum Gasteiger partial charge on any atom is 0.122 e. The summed E-state index contributed by atoms with van der Waals surface area (Å²) in [6.45, 7) is 5.11. The Bertz CT molecular complexity index is 551. The number of ether oxygens (including phenoxy) is 1. The van der Waals surface area contributed by atoms with Crippen LogP contribution in [0, 0.1) is 6.92 Å². The Morgan fingerprint density at radius 1 is 1.44 bits per heavy atom. The highest BCUT2D eigenvalue weighted by atomic mass is 79.9. The third kappa shape index (κ3) is 2.42. The standard InChI is InChI=1S/C13H16BrN3O/c1-3-18-11-5-4-9(6-8(11)2)13-12(14)10(7-15)16-17-13/h4-6H,3,7,15H2,1-2H3,(H,16,17). The second-order valence-corrected chi connectivity index (χ2v) is 4.78. The first kappa shape index (κ1) is 13.1. The molecule has 0 spiro atoms. The third-order valence-electron chi connectivity index (χ3n) is 2.73. The summed E-state index contributed by atoms with van der Waals surface area (Å²) in [6.07, 6.45) is 0. The summed E-state index contributed by atoms with van der Waals surface area (Å²) in [7, 11) is 0. The van der Waals surface area contributed by atoms with Crippen LogP contribution in [0.3, 0.4) is 0 Å². The first-order valence-corrected chi connectivity index (χ1v) is 6.63. The zero-order chi connectivity index (χ0) is 13.1. The van der Waals surface area contributed by atoms with E-state index in [2.05, 4.69) is 32.2 Å². The molecule has 0 atom stereocenters. The minimum atomic E-state index is 0.434. The maximum absolute atomic E-state index is 5.61. The van der Waals surface area contributed by atoms with E-state index in [-0.39, 0.29) is 0 Å². The minimum Gasteiger partial charge on any atom is -0.494 e. The van der Waals surface area contributed by atoms with Gasteiger partial charge in [-0.15, -0.1) is 0 Å². The molecule has 18 heavy (non-hydrogen) atoms. The molecular formula is C13H16BrN3O. The van der Waals surface area contributed by atoms with Crippen molar-refractivity contribution in [3.05, 3.63) is 33.9 Å². The summed E-state index contributed by atoms with van der Waals surface area (Å²) in [5, 5.41) is 7.21. The Hall–Kier alpha value is -1.33. The molecule has 0 aliphatic rings. The maximum atomic E-state index is 5.61. The number of nitrogens with two attached hydrogens (primary N) is 1. The Morgan fingerprint density at radius 2 is 2.22 bits per heavy atom. The van der Waals surface area contributed by atoms with Gasteiger partial charge in [0.15, 0.2) is 0 Å². The highest BCUT2D eigenvalue weighted by Gasteiger charge is 2.12. The molecule has 0 aliphatic carbocycles. The van der Waals surface area contributed by atoms with Gasteiger partial charge in [0.05, 0.1) is 16.8 Å². The smallest absolute Gasteiger partial charge is 0.122 e. The lowest BCUT2D eigenvalue weighted by Crippen LogP contribution is -1.96. The van der Waals surface area contributed by atoms with Crippen LogP contribution in [0.15, 0.2) is 22.7 Å². The molecule has 0 saturated heterocycles. The number of hydrogen-bond donors (Lipinski definition) is 2. The highest BCUT2D eigenvalue weighted by molar-refractivity contribution is 9.10. The number of hydrogen-bond acceptors (Lipinski definition) is 3. The molecule has 3 N–H and O–H groups in total. The van der Waals surface area contributed by atoms with Gasteiger partial charge in [0.1, 0.15) is 11.4 Å². The summed E-state index contributed by atoms with van der Waals surface area (Å²) in [6, 6.07) is 6.03. The van der Waals surface area contributed by atoms with Gasteiger partial charge in [0.25, 0.3) is 0 Å². The fourth-order valence-corrected chi connectivity index (χ4v) is 2.37. The quantitative estimate of drug-likeness (QED) is 0.912.